The molecule has 1 heterocycles. The lowest BCUT2D eigenvalue weighted by Gasteiger charge is -2.16. The number of pyridine rings is 1. The van der Waals surface area contributed by atoms with Gasteiger partial charge in [0.1, 0.15) is 5.82 Å². The van der Waals surface area contributed by atoms with E-state index in [1.54, 1.807) is 0 Å². The summed E-state index contributed by atoms with van der Waals surface area (Å²) in [5.74, 6) is -0.506. The molecule has 1 aromatic heterocycles. The van der Waals surface area contributed by atoms with Gasteiger partial charge in [0.15, 0.2) is 5.78 Å². The first-order chi connectivity index (χ1) is 6.88. The van der Waals surface area contributed by atoms with Crippen LogP contribution in [-0.4, -0.2) is 10.8 Å². The van der Waals surface area contributed by atoms with Crippen LogP contribution in [0, 0.1) is 11.2 Å². The fraction of sp³-hybridized carbons (Fsp3) is 0.500. The average molecular weight is 209 g/mol. The molecule has 3 heteroatoms. The third-order valence-corrected chi connectivity index (χ3v) is 2.13. The van der Waals surface area contributed by atoms with Crippen LogP contribution in [0.3, 0.4) is 0 Å². The molecule has 0 atom stereocenters. The van der Waals surface area contributed by atoms with Gasteiger partial charge in [0.2, 0.25) is 0 Å². The van der Waals surface area contributed by atoms with Gasteiger partial charge in [0.05, 0.1) is 6.20 Å². The molecule has 2 nitrogen and oxygen atoms in total. The zero-order valence-corrected chi connectivity index (χ0v) is 9.38. The normalized spacial score (nSPS) is 11.5. The summed E-state index contributed by atoms with van der Waals surface area (Å²) in [4.78, 5) is 15.3. The second kappa shape index (κ2) is 4.51. The van der Waals surface area contributed by atoms with E-state index in [9.17, 15) is 9.18 Å². The number of ketones is 1. The lowest BCUT2D eigenvalue weighted by Crippen LogP contribution is -2.09. The highest BCUT2D eigenvalue weighted by atomic mass is 19.1. The Morgan fingerprint density at radius 1 is 1.40 bits per heavy atom. The Balaban J connectivity index is 2.62. The highest BCUT2D eigenvalue weighted by Crippen LogP contribution is 2.21. The van der Waals surface area contributed by atoms with E-state index in [0.717, 1.165) is 12.6 Å². The topological polar surface area (TPSA) is 30.0 Å². The van der Waals surface area contributed by atoms with Crippen molar-refractivity contribution in [2.45, 2.75) is 33.6 Å². The molecule has 82 valence electrons. The van der Waals surface area contributed by atoms with Crippen molar-refractivity contribution in [2.75, 3.05) is 0 Å². The fourth-order valence-electron chi connectivity index (χ4n) is 1.20. The molecule has 0 saturated heterocycles. The zero-order chi connectivity index (χ0) is 11.5. The molecule has 0 radical (unpaired) electrons. The highest BCUT2D eigenvalue weighted by molar-refractivity contribution is 5.95. The molecule has 0 spiro atoms. The number of aromatic nitrogens is 1. The Kier molecular flexibility index (Phi) is 3.56. The number of carbonyl (C=O) groups excluding carboxylic acids is 1. The minimum atomic E-state index is -0.461. The summed E-state index contributed by atoms with van der Waals surface area (Å²) >= 11 is 0. The lowest BCUT2D eigenvalue weighted by atomic mass is 9.89. The number of hydrogen-bond donors (Lipinski definition) is 0. The van der Waals surface area contributed by atoms with Crippen LogP contribution in [0.2, 0.25) is 0 Å². The molecule has 0 saturated carbocycles. The summed E-state index contributed by atoms with van der Waals surface area (Å²) in [5, 5.41) is 0. The third kappa shape index (κ3) is 4.19. The van der Waals surface area contributed by atoms with Gasteiger partial charge in [-0.15, -0.1) is 0 Å². The van der Waals surface area contributed by atoms with Gasteiger partial charge in [-0.05, 0) is 17.9 Å². The number of carbonyl (C=O) groups is 1. The molecule has 0 amide bonds. The predicted molar refractivity (Wildman–Crippen MR) is 57.2 cm³/mol. The van der Waals surface area contributed by atoms with Crippen LogP contribution in [0.1, 0.15) is 44.0 Å². The number of rotatable bonds is 3. The number of nitrogens with zero attached hydrogens (tertiary/aromatic N) is 1. The molecule has 0 unspecified atom stereocenters. The van der Waals surface area contributed by atoms with Crippen molar-refractivity contribution in [3.8, 4) is 0 Å². The third-order valence-electron chi connectivity index (χ3n) is 2.13. The van der Waals surface area contributed by atoms with Gasteiger partial charge in [-0.1, -0.05) is 20.8 Å². The molecule has 0 N–H and O–H groups in total. The van der Waals surface area contributed by atoms with Crippen LogP contribution >= 0.6 is 0 Å². The van der Waals surface area contributed by atoms with Gasteiger partial charge >= 0.3 is 0 Å². The molecule has 0 aliphatic carbocycles. The highest BCUT2D eigenvalue weighted by Gasteiger charge is 2.14. The van der Waals surface area contributed by atoms with Gasteiger partial charge in [-0.2, -0.15) is 0 Å². The van der Waals surface area contributed by atoms with Crippen molar-refractivity contribution >= 4 is 5.78 Å². The predicted octanol–water partition coefficient (Wildman–Crippen LogP) is 3.23. The molecule has 1 aromatic rings. The number of halogens is 1. The summed E-state index contributed by atoms with van der Waals surface area (Å²) in [6.07, 6.45) is 3.74. The zero-order valence-electron chi connectivity index (χ0n) is 9.38. The maximum atomic E-state index is 12.8. The molecule has 0 aliphatic heterocycles. The second-order valence-electron chi connectivity index (χ2n) is 4.88. The molecule has 0 aromatic carbocycles. The number of hydrogen-bond acceptors (Lipinski definition) is 2. The van der Waals surface area contributed by atoms with E-state index < -0.39 is 5.82 Å². The van der Waals surface area contributed by atoms with E-state index >= 15 is 0 Å². The van der Waals surface area contributed by atoms with E-state index in [2.05, 4.69) is 25.8 Å². The molecule has 0 fully saturated rings. The van der Waals surface area contributed by atoms with Crippen molar-refractivity contribution in [1.29, 1.82) is 0 Å². The number of Topliss-reactive ketones (excluding diaryl/α,β-unsaturated/α-hetero) is 1. The first-order valence-electron chi connectivity index (χ1n) is 5.02. The van der Waals surface area contributed by atoms with E-state index in [-0.39, 0.29) is 11.2 Å². The van der Waals surface area contributed by atoms with Gasteiger partial charge < -0.3 is 0 Å². The Hall–Kier alpha value is -1.25. The molecule has 1 rings (SSSR count). The monoisotopic (exact) mass is 209 g/mol. The lowest BCUT2D eigenvalue weighted by molar-refractivity contribution is 0.0965. The van der Waals surface area contributed by atoms with Crippen LogP contribution < -0.4 is 0 Å². The first-order valence-corrected chi connectivity index (χ1v) is 5.02. The van der Waals surface area contributed by atoms with Crippen LogP contribution in [0.15, 0.2) is 18.5 Å². The van der Waals surface area contributed by atoms with Crippen molar-refractivity contribution in [3.63, 3.8) is 0 Å². The van der Waals surface area contributed by atoms with E-state index in [1.165, 1.54) is 12.3 Å². The maximum absolute atomic E-state index is 12.8. The van der Waals surface area contributed by atoms with E-state index in [0.29, 0.717) is 12.0 Å². The Bertz CT molecular complexity index is 355. The van der Waals surface area contributed by atoms with E-state index in [4.69, 9.17) is 0 Å². The summed E-state index contributed by atoms with van der Waals surface area (Å²) < 4.78 is 12.8. The second-order valence-corrected chi connectivity index (χ2v) is 4.88. The molecule has 0 aliphatic rings. The fourth-order valence-corrected chi connectivity index (χ4v) is 1.20. The van der Waals surface area contributed by atoms with Crippen LogP contribution in [-0.2, 0) is 0 Å². The van der Waals surface area contributed by atoms with Gasteiger partial charge in [-0.3, -0.25) is 9.78 Å². The van der Waals surface area contributed by atoms with Gasteiger partial charge in [0, 0.05) is 18.2 Å². The van der Waals surface area contributed by atoms with Crippen molar-refractivity contribution in [2.24, 2.45) is 5.41 Å². The van der Waals surface area contributed by atoms with Crippen LogP contribution in [0.25, 0.3) is 0 Å². The smallest absolute Gasteiger partial charge is 0.164 e. The summed E-state index contributed by atoms with van der Waals surface area (Å²) in [6.45, 7) is 6.22. The SMILES string of the molecule is CC(C)(C)CCC(=O)c1cncc(F)c1. The minimum absolute atomic E-state index is 0.0445. The Morgan fingerprint density at radius 2 is 2.07 bits per heavy atom. The van der Waals surface area contributed by atoms with Crippen molar-refractivity contribution in [1.82, 2.24) is 4.98 Å². The van der Waals surface area contributed by atoms with Crippen molar-refractivity contribution in [3.05, 3.63) is 29.8 Å². The average Bonchev–Trinajstić information content (AvgIpc) is 2.13. The minimum Gasteiger partial charge on any atom is -0.294 e. The summed E-state index contributed by atoms with van der Waals surface area (Å²) in [5.41, 5.74) is 0.482. The quantitative estimate of drug-likeness (QED) is 0.715. The molecular weight excluding hydrogens is 193 g/mol. The molecule has 15 heavy (non-hydrogen) atoms. The van der Waals surface area contributed by atoms with Crippen LogP contribution in [0.4, 0.5) is 4.39 Å². The first kappa shape index (κ1) is 11.8. The molecular formula is C12H16FNO. The largest absolute Gasteiger partial charge is 0.294 e. The Morgan fingerprint density at radius 3 is 2.60 bits per heavy atom. The van der Waals surface area contributed by atoms with Crippen LogP contribution in [0.5, 0.6) is 0 Å². The van der Waals surface area contributed by atoms with Gasteiger partial charge in [-0.25, -0.2) is 4.39 Å². The standard InChI is InChI=1S/C12H16FNO/c1-12(2,3)5-4-11(15)9-6-10(13)8-14-7-9/h6-8H,4-5H2,1-3H3. The Labute approximate surface area is 89.5 Å². The summed E-state index contributed by atoms with van der Waals surface area (Å²) in [7, 11) is 0. The summed E-state index contributed by atoms with van der Waals surface area (Å²) in [6, 6.07) is 1.23. The van der Waals surface area contributed by atoms with E-state index in [1.807, 2.05) is 0 Å². The van der Waals surface area contributed by atoms with Gasteiger partial charge in [0.25, 0.3) is 0 Å². The molecule has 0 bridgehead atoms. The van der Waals surface area contributed by atoms with Crippen molar-refractivity contribution < 1.29 is 9.18 Å². The maximum Gasteiger partial charge on any atom is 0.164 e.